The molecule has 23 heavy (non-hydrogen) atoms. The molecule has 2 aromatic rings. The number of ether oxygens (including phenoxy) is 2. The summed E-state index contributed by atoms with van der Waals surface area (Å²) in [5.74, 6) is -1.03. The van der Waals surface area contributed by atoms with E-state index in [0.29, 0.717) is 22.3 Å². The van der Waals surface area contributed by atoms with Gasteiger partial charge in [-0.15, -0.1) is 0 Å². The maximum atomic E-state index is 12.1. The molecule has 3 amide bonds. The predicted octanol–water partition coefficient (Wildman–Crippen LogP) is 1.49. The summed E-state index contributed by atoms with van der Waals surface area (Å²) < 4.78 is 15.6. The molecule has 0 saturated carbocycles. The number of aryl methyl sites for hydroxylation is 1. The Hall–Kier alpha value is -3.03. The lowest BCUT2D eigenvalue weighted by molar-refractivity contribution is -0.127. The van der Waals surface area contributed by atoms with Gasteiger partial charge in [-0.05, 0) is 32.0 Å². The highest BCUT2D eigenvalue weighted by molar-refractivity contribution is 5.99. The third-order valence-corrected chi connectivity index (χ3v) is 3.23. The summed E-state index contributed by atoms with van der Waals surface area (Å²) in [6.45, 7) is 3.01. The summed E-state index contributed by atoms with van der Waals surface area (Å²) in [5.41, 5.74) is 5.89. The standard InChI is InChI=1S/C15H16N2O6/c1-7-10-6-9(21-3)4-5-11(10)23-12(7)14(19)22-8(2)13(18)17-15(16)20/h4-6,8H,1-3H3,(H3,16,17,18,20)/t8-/m1/s1. The number of imide groups is 1. The van der Waals surface area contributed by atoms with E-state index in [1.165, 1.54) is 14.0 Å². The molecule has 2 rings (SSSR count). The second-order valence-corrected chi connectivity index (χ2v) is 4.82. The van der Waals surface area contributed by atoms with Crippen LogP contribution in [0.15, 0.2) is 22.6 Å². The number of rotatable bonds is 4. The molecule has 0 aliphatic heterocycles. The van der Waals surface area contributed by atoms with Crippen molar-refractivity contribution >= 4 is 28.9 Å². The van der Waals surface area contributed by atoms with Gasteiger partial charge in [0, 0.05) is 10.9 Å². The molecule has 0 saturated heterocycles. The van der Waals surface area contributed by atoms with E-state index in [2.05, 4.69) is 0 Å². The number of amides is 3. The highest BCUT2D eigenvalue weighted by Gasteiger charge is 2.24. The van der Waals surface area contributed by atoms with E-state index in [9.17, 15) is 14.4 Å². The van der Waals surface area contributed by atoms with Crippen molar-refractivity contribution in [1.82, 2.24) is 5.32 Å². The van der Waals surface area contributed by atoms with Crippen molar-refractivity contribution < 1.29 is 28.3 Å². The van der Waals surface area contributed by atoms with E-state index in [1.54, 1.807) is 25.1 Å². The number of esters is 1. The molecule has 0 bridgehead atoms. The summed E-state index contributed by atoms with van der Waals surface area (Å²) >= 11 is 0. The van der Waals surface area contributed by atoms with E-state index in [4.69, 9.17) is 19.6 Å². The molecule has 0 fully saturated rings. The monoisotopic (exact) mass is 320 g/mol. The van der Waals surface area contributed by atoms with Crippen molar-refractivity contribution in [2.24, 2.45) is 5.73 Å². The molecule has 1 aromatic heterocycles. The van der Waals surface area contributed by atoms with E-state index >= 15 is 0 Å². The topological polar surface area (TPSA) is 121 Å². The zero-order valence-electron chi connectivity index (χ0n) is 12.8. The largest absolute Gasteiger partial charge is 0.497 e. The maximum absolute atomic E-state index is 12.1. The maximum Gasteiger partial charge on any atom is 0.375 e. The smallest absolute Gasteiger partial charge is 0.375 e. The average molecular weight is 320 g/mol. The second kappa shape index (κ2) is 6.39. The van der Waals surface area contributed by atoms with Crippen molar-refractivity contribution in [2.45, 2.75) is 20.0 Å². The number of hydrogen-bond donors (Lipinski definition) is 2. The van der Waals surface area contributed by atoms with Crippen LogP contribution in [0.4, 0.5) is 4.79 Å². The van der Waals surface area contributed by atoms with Gasteiger partial charge in [0.25, 0.3) is 5.91 Å². The van der Waals surface area contributed by atoms with Gasteiger partial charge in [0.2, 0.25) is 5.76 Å². The van der Waals surface area contributed by atoms with Crippen LogP contribution in [-0.2, 0) is 9.53 Å². The molecule has 0 aliphatic carbocycles. The Morgan fingerprint density at radius 3 is 2.61 bits per heavy atom. The first-order valence-corrected chi connectivity index (χ1v) is 6.72. The minimum atomic E-state index is -1.20. The lowest BCUT2D eigenvalue weighted by Crippen LogP contribution is -2.42. The van der Waals surface area contributed by atoms with Crippen molar-refractivity contribution in [1.29, 1.82) is 0 Å². The summed E-state index contributed by atoms with van der Waals surface area (Å²) in [5, 5.41) is 2.53. The van der Waals surface area contributed by atoms with Gasteiger partial charge in [0.15, 0.2) is 6.10 Å². The molecule has 3 N–H and O–H groups in total. The van der Waals surface area contributed by atoms with E-state index in [0.717, 1.165) is 0 Å². The Morgan fingerprint density at radius 2 is 2.00 bits per heavy atom. The highest BCUT2D eigenvalue weighted by atomic mass is 16.6. The first-order valence-electron chi connectivity index (χ1n) is 6.72. The van der Waals surface area contributed by atoms with Crippen LogP contribution in [0.25, 0.3) is 11.0 Å². The summed E-state index contributed by atoms with van der Waals surface area (Å²) in [6.07, 6.45) is -1.20. The normalized spacial score (nSPS) is 11.8. The van der Waals surface area contributed by atoms with Crippen LogP contribution in [0.2, 0.25) is 0 Å². The first kappa shape index (κ1) is 16.3. The first-order chi connectivity index (χ1) is 10.8. The number of carbonyl (C=O) groups is 3. The Labute approximate surface area is 131 Å². The van der Waals surface area contributed by atoms with Gasteiger partial charge in [-0.25, -0.2) is 9.59 Å². The lowest BCUT2D eigenvalue weighted by Gasteiger charge is -2.10. The van der Waals surface area contributed by atoms with Crippen molar-refractivity contribution in [3.05, 3.63) is 29.5 Å². The fraction of sp³-hybridized carbons (Fsp3) is 0.267. The molecular formula is C15H16N2O6. The van der Waals surface area contributed by atoms with Gasteiger partial charge in [0.05, 0.1) is 7.11 Å². The van der Waals surface area contributed by atoms with Crippen LogP contribution < -0.4 is 15.8 Å². The highest BCUT2D eigenvalue weighted by Crippen LogP contribution is 2.29. The number of nitrogens with one attached hydrogen (secondary N) is 1. The molecule has 0 radical (unpaired) electrons. The Kier molecular flexibility index (Phi) is 4.54. The van der Waals surface area contributed by atoms with Gasteiger partial charge in [-0.2, -0.15) is 0 Å². The third kappa shape index (κ3) is 3.42. The molecule has 0 unspecified atom stereocenters. The predicted molar refractivity (Wildman–Crippen MR) is 80.1 cm³/mol. The number of furan rings is 1. The zero-order valence-corrected chi connectivity index (χ0v) is 12.8. The Morgan fingerprint density at radius 1 is 1.30 bits per heavy atom. The molecule has 8 heteroatoms. The SMILES string of the molecule is COc1ccc2oc(C(=O)O[C@H](C)C(=O)NC(N)=O)c(C)c2c1. The lowest BCUT2D eigenvalue weighted by atomic mass is 10.1. The third-order valence-electron chi connectivity index (χ3n) is 3.23. The van der Waals surface area contributed by atoms with Crippen LogP contribution in [0.3, 0.4) is 0 Å². The van der Waals surface area contributed by atoms with Gasteiger partial charge in [-0.1, -0.05) is 0 Å². The van der Waals surface area contributed by atoms with Crippen LogP contribution in [0, 0.1) is 6.92 Å². The molecule has 8 nitrogen and oxygen atoms in total. The van der Waals surface area contributed by atoms with Crippen LogP contribution >= 0.6 is 0 Å². The minimum absolute atomic E-state index is 0.0213. The number of carbonyl (C=O) groups excluding carboxylic acids is 3. The molecule has 122 valence electrons. The molecule has 0 aliphatic rings. The van der Waals surface area contributed by atoms with Gasteiger partial charge < -0.3 is 19.6 Å². The number of fused-ring (bicyclic) bond motifs is 1. The number of methoxy groups -OCH3 is 1. The number of primary amides is 1. The number of nitrogens with two attached hydrogens (primary N) is 1. The Balaban J connectivity index is 2.22. The van der Waals surface area contributed by atoms with Crippen LogP contribution in [0.1, 0.15) is 23.0 Å². The zero-order chi connectivity index (χ0) is 17.1. The fourth-order valence-corrected chi connectivity index (χ4v) is 2.01. The van der Waals surface area contributed by atoms with Crippen LogP contribution in [0.5, 0.6) is 5.75 Å². The molecule has 1 atom stereocenters. The average Bonchev–Trinajstić information content (AvgIpc) is 2.83. The minimum Gasteiger partial charge on any atom is -0.497 e. The molecular weight excluding hydrogens is 304 g/mol. The molecule has 0 spiro atoms. The fourth-order valence-electron chi connectivity index (χ4n) is 2.01. The molecule has 1 aromatic carbocycles. The second-order valence-electron chi connectivity index (χ2n) is 4.82. The summed E-state index contributed by atoms with van der Waals surface area (Å²) in [7, 11) is 1.53. The number of hydrogen-bond acceptors (Lipinski definition) is 6. The molecule has 1 heterocycles. The number of benzene rings is 1. The summed E-state index contributed by atoms with van der Waals surface area (Å²) in [6, 6.07) is 4.07. The Bertz CT molecular complexity index is 780. The van der Waals surface area contributed by atoms with Gasteiger partial charge >= 0.3 is 12.0 Å². The quantitative estimate of drug-likeness (QED) is 0.823. The van der Waals surface area contributed by atoms with Crippen LogP contribution in [-0.4, -0.2) is 31.1 Å². The number of urea groups is 1. The van der Waals surface area contributed by atoms with E-state index in [1.807, 2.05) is 5.32 Å². The van der Waals surface area contributed by atoms with Crippen molar-refractivity contribution in [2.75, 3.05) is 7.11 Å². The van der Waals surface area contributed by atoms with Crippen molar-refractivity contribution in [3.63, 3.8) is 0 Å². The van der Waals surface area contributed by atoms with Gasteiger partial charge in [-0.3, -0.25) is 10.1 Å². The van der Waals surface area contributed by atoms with E-state index in [-0.39, 0.29) is 5.76 Å². The van der Waals surface area contributed by atoms with Gasteiger partial charge in [0.1, 0.15) is 11.3 Å². The van der Waals surface area contributed by atoms with E-state index < -0.39 is 24.0 Å². The summed E-state index contributed by atoms with van der Waals surface area (Å²) in [4.78, 5) is 34.3. The van der Waals surface area contributed by atoms with Crippen molar-refractivity contribution in [3.8, 4) is 5.75 Å².